The average Bonchev–Trinajstić information content (AvgIpc) is 2.41. The molecule has 1 aliphatic rings. The highest BCUT2D eigenvalue weighted by atomic mass is 16.6. The Morgan fingerprint density at radius 1 is 1.47 bits per heavy atom. The summed E-state index contributed by atoms with van der Waals surface area (Å²) in [5.74, 6) is 0. The Balaban J connectivity index is 1.85. The van der Waals surface area contributed by atoms with Gasteiger partial charge in [0.15, 0.2) is 0 Å². The number of nitro groups is 1. The van der Waals surface area contributed by atoms with E-state index in [9.17, 15) is 10.1 Å². The van der Waals surface area contributed by atoms with Gasteiger partial charge in [0.1, 0.15) is 0 Å². The third kappa shape index (κ3) is 3.99. The average molecular weight is 266 g/mol. The lowest BCUT2D eigenvalue weighted by atomic mass is 10.1. The molecule has 0 amide bonds. The number of hydrogen-bond acceptors (Lipinski definition) is 5. The van der Waals surface area contributed by atoms with Crippen LogP contribution in [0.15, 0.2) is 18.2 Å². The van der Waals surface area contributed by atoms with Crippen LogP contribution in [0.5, 0.6) is 0 Å². The zero-order valence-corrected chi connectivity index (χ0v) is 10.9. The van der Waals surface area contributed by atoms with E-state index in [1.807, 2.05) is 6.07 Å². The van der Waals surface area contributed by atoms with E-state index in [1.165, 1.54) is 0 Å². The van der Waals surface area contributed by atoms with Crippen LogP contribution < -0.4 is 5.32 Å². The maximum Gasteiger partial charge on any atom is 0.272 e. The van der Waals surface area contributed by atoms with Crippen molar-refractivity contribution in [3.8, 4) is 0 Å². The van der Waals surface area contributed by atoms with Gasteiger partial charge in [-0.05, 0) is 12.5 Å². The number of rotatable bonds is 5. The predicted octanol–water partition coefficient (Wildman–Crippen LogP) is 1.41. The topological polar surface area (TPSA) is 73.6 Å². The lowest BCUT2D eigenvalue weighted by Crippen LogP contribution is -2.37. The molecule has 1 heterocycles. The normalized spacial score (nSPS) is 19.3. The van der Waals surface area contributed by atoms with Gasteiger partial charge in [-0.15, -0.1) is 0 Å². The Morgan fingerprint density at radius 2 is 2.32 bits per heavy atom. The highest BCUT2D eigenvalue weighted by Gasteiger charge is 2.14. The zero-order valence-electron chi connectivity index (χ0n) is 10.9. The second kappa shape index (κ2) is 6.60. The van der Waals surface area contributed by atoms with Crippen LogP contribution in [0.2, 0.25) is 0 Å². The third-order valence-electron chi connectivity index (χ3n) is 3.06. The number of hydrogen-bond donors (Lipinski definition) is 1. The summed E-state index contributed by atoms with van der Waals surface area (Å²) in [4.78, 5) is 10.5. The van der Waals surface area contributed by atoms with Crippen LogP contribution in [0.1, 0.15) is 11.1 Å². The summed E-state index contributed by atoms with van der Waals surface area (Å²) in [5.41, 5.74) is 1.74. The fraction of sp³-hybridized carbons (Fsp3) is 0.538. The molecule has 1 atom stereocenters. The fourth-order valence-electron chi connectivity index (χ4n) is 1.99. The summed E-state index contributed by atoms with van der Waals surface area (Å²) in [6, 6.07) is 5.28. The molecule has 1 aromatic carbocycles. The van der Waals surface area contributed by atoms with Crippen molar-refractivity contribution >= 4 is 5.69 Å². The first kappa shape index (κ1) is 13.9. The molecule has 1 unspecified atom stereocenters. The van der Waals surface area contributed by atoms with E-state index in [4.69, 9.17) is 9.47 Å². The van der Waals surface area contributed by atoms with Crippen molar-refractivity contribution in [1.82, 2.24) is 5.32 Å². The molecule has 0 aliphatic carbocycles. The smallest absolute Gasteiger partial charge is 0.272 e. The second-order valence-corrected chi connectivity index (χ2v) is 4.58. The number of benzene rings is 1. The van der Waals surface area contributed by atoms with Gasteiger partial charge in [-0.3, -0.25) is 10.1 Å². The van der Waals surface area contributed by atoms with E-state index in [-0.39, 0.29) is 16.7 Å². The summed E-state index contributed by atoms with van der Waals surface area (Å²) >= 11 is 0. The summed E-state index contributed by atoms with van der Waals surface area (Å²) < 4.78 is 10.8. The minimum atomic E-state index is -0.350. The van der Waals surface area contributed by atoms with Crippen molar-refractivity contribution in [3.05, 3.63) is 39.4 Å². The Hall–Kier alpha value is -1.50. The van der Waals surface area contributed by atoms with Crippen LogP contribution in [-0.4, -0.2) is 37.4 Å². The number of nitrogens with zero attached hydrogens (tertiary/aromatic N) is 1. The van der Waals surface area contributed by atoms with Crippen LogP contribution in [0, 0.1) is 17.0 Å². The SMILES string of the molecule is Cc1ccc(CNCC2COCCO2)cc1[N+](=O)[O-]. The Morgan fingerprint density at radius 3 is 3.00 bits per heavy atom. The summed E-state index contributed by atoms with van der Waals surface area (Å²) in [6.45, 7) is 4.88. The van der Waals surface area contributed by atoms with Gasteiger partial charge in [0, 0.05) is 24.7 Å². The van der Waals surface area contributed by atoms with Crippen LogP contribution in [0.25, 0.3) is 0 Å². The summed E-state index contributed by atoms with van der Waals surface area (Å²) in [6.07, 6.45) is 0.0641. The Kier molecular flexibility index (Phi) is 4.84. The first-order chi connectivity index (χ1) is 9.16. The van der Waals surface area contributed by atoms with Gasteiger partial charge in [-0.25, -0.2) is 0 Å². The molecule has 0 bridgehead atoms. The van der Waals surface area contributed by atoms with E-state index >= 15 is 0 Å². The largest absolute Gasteiger partial charge is 0.376 e. The Labute approximate surface area is 111 Å². The molecule has 19 heavy (non-hydrogen) atoms. The molecule has 0 saturated carbocycles. The summed E-state index contributed by atoms with van der Waals surface area (Å²) in [7, 11) is 0. The molecule has 1 aliphatic heterocycles. The molecule has 104 valence electrons. The molecule has 2 rings (SSSR count). The highest BCUT2D eigenvalue weighted by molar-refractivity contribution is 5.42. The van der Waals surface area contributed by atoms with E-state index in [0.29, 0.717) is 38.5 Å². The second-order valence-electron chi connectivity index (χ2n) is 4.58. The molecule has 0 aromatic heterocycles. The van der Waals surface area contributed by atoms with Crippen LogP contribution in [0.4, 0.5) is 5.69 Å². The van der Waals surface area contributed by atoms with Gasteiger partial charge < -0.3 is 14.8 Å². The number of aryl methyl sites for hydroxylation is 1. The van der Waals surface area contributed by atoms with E-state index < -0.39 is 0 Å². The molecular formula is C13H18N2O4. The maximum atomic E-state index is 10.8. The standard InChI is InChI=1S/C13H18N2O4/c1-10-2-3-11(6-13(10)15(16)17)7-14-8-12-9-18-4-5-19-12/h2-3,6,12,14H,4-5,7-9H2,1H3. The quantitative estimate of drug-likeness (QED) is 0.644. The number of nitro benzene ring substituents is 1. The molecule has 1 aromatic rings. The first-order valence-corrected chi connectivity index (χ1v) is 6.31. The van der Waals surface area contributed by atoms with Crippen molar-refractivity contribution in [1.29, 1.82) is 0 Å². The molecule has 0 radical (unpaired) electrons. The van der Waals surface area contributed by atoms with E-state index in [1.54, 1.807) is 19.1 Å². The Bertz CT molecular complexity index is 444. The fourth-order valence-corrected chi connectivity index (χ4v) is 1.99. The lowest BCUT2D eigenvalue weighted by Gasteiger charge is -2.23. The minimum Gasteiger partial charge on any atom is -0.376 e. The molecule has 1 fully saturated rings. The molecule has 0 spiro atoms. The van der Waals surface area contributed by atoms with Crippen molar-refractivity contribution < 1.29 is 14.4 Å². The first-order valence-electron chi connectivity index (χ1n) is 6.31. The minimum absolute atomic E-state index is 0.0641. The van der Waals surface area contributed by atoms with Gasteiger partial charge in [-0.1, -0.05) is 12.1 Å². The number of nitrogens with one attached hydrogen (secondary N) is 1. The van der Waals surface area contributed by atoms with Gasteiger partial charge in [0.2, 0.25) is 0 Å². The van der Waals surface area contributed by atoms with Gasteiger partial charge in [0.25, 0.3) is 5.69 Å². The molecule has 1 saturated heterocycles. The van der Waals surface area contributed by atoms with Gasteiger partial charge in [-0.2, -0.15) is 0 Å². The number of ether oxygens (including phenoxy) is 2. The van der Waals surface area contributed by atoms with Crippen molar-refractivity contribution in [2.75, 3.05) is 26.4 Å². The summed E-state index contributed by atoms with van der Waals surface area (Å²) in [5, 5.41) is 14.1. The zero-order chi connectivity index (χ0) is 13.7. The van der Waals surface area contributed by atoms with Crippen molar-refractivity contribution in [3.63, 3.8) is 0 Å². The maximum absolute atomic E-state index is 10.8. The van der Waals surface area contributed by atoms with Crippen LogP contribution >= 0.6 is 0 Å². The van der Waals surface area contributed by atoms with Crippen LogP contribution in [0.3, 0.4) is 0 Å². The lowest BCUT2D eigenvalue weighted by molar-refractivity contribution is -0.385. The third-order valence-corrected chi connectivity index (χ3v) is 3.06. The van der Waals surface area contributed by atoms with Crippen LogP contribution in [-0.2, 0) is 16.0 Å². The molecular weight excluding hydrogens is 248 g/mol. The molecule has 6 nitrogen and oxygen atoms in total. The highest BCUT2D eigenvalue weighted by Crippen LogP contribution is 2.19. The van der Waals surface area contributed by atoms with E-state index in [2.05, 4.69) is 5.32 Å². The van der Waals surface area contributed by atoms with Gasteiger partial charge >= 0.3 is 0 Å². The van der Waals surface area contributed by atoms with E-state index in [0.717, 1.165) is 5.56 Å². The van der Waals surface area contributed by atoms with Gasteiger partial charge in [0.05, 0.1) is 30.8 Å². The van der Waals surface area contributed by atoms with Crippen molar-refractivity contribution in [2.24, 2.45) is 0 Å². The molecule has 6 heteroatoms. The predicted molar refractivity (Wildman–Crippen MR) is 70.1 cm³/mol. The molecule has 1 N–H and O–H groups in total. The monoisotopic (exact) mass is 266 g/mol. The van der Waals surface area contributed by atoms with Crippen molar-refractivity contribution in [2.45, 2.75) is 19.6 Å².